The number of rotatable bonds is 6. The Bertz CT molecular complexity index is 942. The van der Waals surface area contributed by atoms with E-state index in [1.54, 1.807) is 47.3 Å². The molecule has 27 heavy (non-hydrogen) atoms. The largest absolute Gasteiger partial charge is 0.434 e. The summed E-state index contributed by atoms with van der Waals surface area (Å²) in [5.74, 6) is -0.292. The van der Waals surface area contributed by atoms with E-state index < -0.39 is 6.61 Å². The first kappa shape index (κ1) is 19.0. The number of benzene rings is 2. The van der Waals surface area contributed by atoms with Crippen molar-refractivity contribution in [2.75, 3.05) is 0 Å². The van der Waals surface area contributed by atoms with Gasteiger partial charge in [-0.15, -0.1) is 0 Å². The minimum absolute atomic E-state index is 0.0259. The molecule has 1 N–H and O–H groups in total. The molecule has 1 aromatic heterocycles. The lowest BCUT2D eigenvalue weighted by Crippen LogP contribution is -2.23. The van der Waals surface area contributed by atoms with E-state index >= 15 is 0 Å². The number of alkyl halides is 2. The lowest BCUT2D eigenvalue weighted by atomic mass is 10.1. The van der Waals surface area contributed by atoms with Crippen LogP contribution < -0.4 is 10.1 Å². The normalized spacial score (nSPS) is 10.9. The fourth-order valence-electron chi connectivity index (χ4n) is 2.57. The van der Waals surface area contributed by atoms with E-state index in [4.69, 9.17) is 0 Å². The van der Waals surface area contributed by atoms with Gasteiger partial charge in [0.1, 0.15) is 5.75 Å². The van der Waals surface area contributed by atoms with Crippen LogP contribution in [0.25, 0.3) is 5.69 Å². The van der Waals surface area contributed by atoms with Crippen LogP contribution in [0.4, 0.5) is 8.78 Å². The topological polar surface area (TPSA) is 56.2 Å². The van der Waals surface area contributed by atoms with Gasteiger partial charge in [-0.1, -0.05) is 15.9 Å². The van der Waals surface area contributed by atoms with Gasteiger partial charge in [-0.2, -0.15) is 13.9 Å². The molecule has 0 aliphatic carbocycles. The second-order valence-corrected chi connectivity index (χ2v) is 6.66. The molecule has 0 saturated carbocycles. The molecule has 2 aromatic carbocycles. The Labute approximate surface area is 163 Å². The molecular formula is C19H16BrF2N3O2. The Balaban J connectivity index is 1.69. The Morgan fingerprint density at radius 2 is 1.96 bits per heavy atom. The number of ether oxygens (including phenoxy) is 1. The van der Waals surface area contributed by atoms with Gasteiger partial charge in [0, 0.05) is 34.0 Å². The van der Waals surface area contributed by atoms with Crippen molar-refractivity contribution in [2.24, 2.45) is 0 Å². The summed E-state index contributed by atoms with van der Waals surface area (Å²) in [6.45, 7) is -0.940. The number of halogens is 3. The van der Waals surface area contributed by atoms with E-state index in [9.17, 15) is 13.6 Å². The zero-order valence-electron chi connectivity index (χ0n) is 14.3. The van der Waals surface area contributed by atoms with Crippen LogP contribution in [0.1, 0.15) is 21.6 Å². The molecule has 0 unspecified atom stereocenters. The number of hydrogen-bond acceptors (Lipinski definition) is 3. The second kappa shape index (κ2) is 8.30. The van der Waals surface area contributed by atoms with Crippen molar-refractivity contribution in [1.82, 2.24) is 15.1 Å². The first-order chi connectivity index (χ1) is 12.9. The Morgan fingerprint density at radius 1 is 1.22 bits per heavy atom. The van der Waals surface area contributed by atoms with Crippen LogP contribution in [0.5, 0.6) is 5.75 Å². The molecular weight excluding hydrogens is 420 g/mol. The summed E-state index contributed by atoms with van der Waals surface area (Å²) >= 11 is 3.28. The van der Waals surface area contributed by atoms with E-state index in [0.717, 1.165) is 11.4 Å². The fraction of sp³-hybridized carbons (Fsp3) is 0.158. The van der Waals surface area contributed by atoms with Crippen molar-refractivity contribution >= 4 is 21.8 Å². The van der Waals surface area contributed by atoms with Crippen LogP contribution in [0.15, 0.2) is 59.2 Å². The molecule has 0 aliphatic heterocycles. The molecule has 1 heterocycles. The molecule has 0 radical (unpaired) electrons. The maximum absolute atomic E-state index is 12.5. The van der Waals surface area contributed by atoms with Gasteiger partial charge in [0.2, 0.25) is 0 Å². The quantitative estimate of drug-likeness (QED) is 0.621. The van der Waals surface area contributed by atoms with Gasteiger partial charge >= 0.3 is 6.61 Å². The summed E-state index contributed by atoms with van der Waals surface area (Å²) < 4.78 is 32.0. The van der Waals surface area contributed by atoms with Crippen molar-refractivity contribution in [3.05, 3.63) is 76.0 Å². The van der Waals surface area contributed by atoms with Gasteiger partial charge in [0.25, 0.3) is 5.91 Å². The fourth-order valence-corrected chi connectivity index (χ4v) is 2.98. The molecule has 0 aliphatic rings. The number of carbonyl (C=O) groups is 1. The summed E-state index contributed by atoms with van der Waals surface area (Å²) in [7, 11) is 0. The highest BCUT2D eigenvalue weighted by Crippen LogP contribution is 2.25. The van der Waals surface area contributed by atoms with Gasteiger partial charge in [0.05, 0.1) is 5.69 Å². The number of aromatic nitrogens is 2. The molecule has 140 valence electrons. The second-order valence-electron chi connectivity index (χ2n) is 5.74. The number of nitrogens with one attached hydrogen (secondary N) is 1. The van der Waals surface area contributed by atoms with E-state index in [0.29, 0.717) is 15.6 Å². The van der Waals surface area contributed by atoms with E-state index in [1.165, 1.54) is 6.07 Å². The Hall–Kier alpha value is -2.74. The highest BCUT2D eigenvalue weighted by Gasteiger charge is 2.12. The highest BCUT2D eigenvalue weighted by molar-refractivity contribution is 9.10. The molecule has 3 aromatic rings. The third kappa shape index (κ3) is 4.71. The van der Waals surface area contributed by atoms with Gasteiger partial charge in [0.15, 0.2) is 0 Å². The third-order valence-corrected chi connectivity index (χ3v) is 4.38. The summed E-state index contributed by atoms with van der Waals surface area (Å²) in [6, 6.07) is 13.5. The summed E-state index contributed by atoms with van der Waals surface area (Å²) in [4.78, 5) is 12.4. The zero-order valence-corrected chi connectivity index (χ0v) is 15.9. The van der Waals surface area contributed by atoms with E-state index in [2.05, 4.69) is 31.1 Å². The molecule has 5 nitrogen and oxygen atoms in total. The molecule has 0 atom stereocenters. The predicted octanol–water partition coefficient (Wildman–Crippen LogP) is 4.47. The number of hydrogen-bond donors (Lipinski definition) is 1. The van der Waals surface area contributed by atoms with Crippen LogP contribution in [-0.2, 0) is 6.54 Å². The number of nitrogens with zero attached hydrogens (tertiary/aromatic N) is 2. The monoisotopic (exact) mass is 435 g/mol. The minimum atomic E-state index is -2.93. The minimum Gasteiger partial charge on any atom is -0.434 e. The predicted molar refractivity (Wildman–Crippen MR) is 100 cm³/mol. The maximum atomic E-state index is 12.5. The van der Waals surface area contributed by atoms with Crippen molar-refractivity contribution in [1.29, 1.82) is 0 Å². The first-order valence-corrected chi connectivity index (χ1v) is 8.86. The lowest BCUT2D eigenvalue weighted by Gasteiger charge is -2.12. The van der Waals surface area contributed by atoms with Crippen LogP contribution in [0.3, 0.4) is 0 Å². The molecule has 0 spiro atoms. The number of carbonyl (C=O) groups excluding carboxylic acids is 1. The Morgan fingerprint density at radius 3 is 2.59 bits per heavy atom. The van der Waals surface area contributed by atoms with E-state index in [1.807, 2.05) is 13.0 Å². The van der Waals surface area contributed by atoms with Crippen molar-refractivity contribution in [3.63, 3.8) is 0 Å². The molecule has 1 amide bonds. The average Bonchev–Trinajstić information content (AvgIpc) is 3.07. The maximum Gasteiger partial charge on any atom is 0.387 e. The highest BCUT2D eigenvalue weighted by atomic mass is 79.9. The van der Waals surface area contributed by atoms with Crippen LogP contribution in [0.2, 0.25) is 0 Å². The standard InChI is InChI=1S/C19H16BrF2N3O2/c1-12-8-9-24-25(12)16-5-2-13(3-6-16)18(26)23-11-14-10-15(20)4-7-17(14)27-19(21)22/h2-10,19H,11H2,1H3,(H,23,26). The third-order valence-electron chi connectivity index (χ3n) is 3.88. The van der Waals surface area contributed by atoms with Gasteiger partial charge in [-0.3, -0.25) is 4.79 Å². The van der Waals surface area contributed by atoms with Crippen LogP contribution >= 0.6 is 15.9 Å². The Kier molecular flexibility index (Phi) is 5.85. The van der Waals surface area contributed by atoms with Gasteiger partial charge < -0.3 is 10.1 Å². The summed E-state index contributed by atoms with van der Waals surface area (Å²) in [5.41, 5.74) is 2.72. The summed E-state index contributed by atoms with van der Waals surface area (Å²) in [5, 5.41) is 6.93. The molecule has 0 bridgehead atoms. The number of aryl methyl sites for hydroxylation is 1. The molecule has 3 rings (SSSR count). The van der Waals surface area contributed by atoms with Crippen molar-refractivity contribution in [3.8, 4) is 11.4 Å². The van der Waals surface area contributed by atoms with Crippen LogP contribution in [-0.4, -0.2) is 22.3 Å². The first-order valence-electron chi connectivity index (χ1n) is 8.06. The van der Waals surface area contributed by atoms with Crippen molar-refractivity contribution in [2.45, 2.75) is 20.1 Å². The lowest BCUT2D eigenvalue weighted by molar-refractivity contribution is -0.0504. The van der Waals surface area contributed by atoms with Crippen molar-refractivity contribution < 1.29 is 18.3 Å². The zero-order chi connectivity index (χ0) is 19.4. The molecule has 8 heteroatoms. The smallest absolute Gasteiger partial charge is 0.387 e. The van der Waals surface area contributed by atoms with Gasteiger partial charge in [-0.25, -0.2) is 4.68 Å². The molecule has 0 fully saturated rings. The summed E-state index contributed by atoms with van der Waals surface area (Å²) in [6.07, 6.45) is 1.70. The average molecular weight is 436 g/mol. The van der Waals surface area contributed by atoms with Gasteiger partial charge in [-0.05, 0) is 55.5 Å². The number of amides is 1. The van der Waals surface area contributed by atoms with Crippen LogP contribution in [0, 0.1) is 6.92 Å². The van der Waals surface area contributed by atoms with E-state index in [-0.39, 0.29) is 18.2 Å². The molecule has 0 saturated heterocycles. The SMILES string of the molecule is Cc1ccnn1-c1ccc(C(=O)NCc2cc(Br)ccc2OC(F)F)cc1.